The maximum Gasteiger partial charge on any atom is 3.00 e. The molecule has 1 aliphatic carbocycles. The van der Waals surface area contributed by atoms with E-state index in [2.05, 4.69) is 140 Å². The van der Waals surface area contributed by atoms with E-state index in [4.69, 9.17) is 34.9 Å². The standard InChI is InChI=1S/C49H24N7.Ni/c1-2-10-27-18-35-34(17-26(27)9-1)42-25-43(35)51-45-37-20-29-12-4-6-14-31(29)22-39(37)47(53-45)55-49-41-24-33-16-8-7-15-32(33)23-40(41)48(56-49)54-46-38-21-30-13-5-3-11-28(30)19-36(38)44(50-42)52-46;/h1-24H;/q-3;+3. The van der Waals surface area contributed by atoms with E-state index in [1.165, 1.54) is 0 Å². The van der Waals surface area contributed by atoms with Crippen molar-refractivity contribution in [2.45, 2.75) is 0 Å². The van der Waals surface area contributed by atoms with Gasteiger partial charge in [-0.05, 0) is 101 Å². The topological polar surface area (TPSA) is 92.6 Å². The zero-order chi connectivity index (χ0) is 36.5. The molecule has 1 radical (unpaired) electrons. The number of fused-ring (bicyclic) bond motifs is 24. The van der Waals surface area contributed by atoms with Crippen LogP contribution in [0.3, 0.4) is 0 Å². The second-order valence-electron chi connectivity index (χ2n) is 14.5. The van der Waals surface area contributed by atoms with Crippen LogP contribution in [0, 0.1) is 6.07 Å². The largest absolute Gasteiger partial charge is 3.00 e. The van der Waals surface area contributed by atoms with E-state index in [1.54, 1.807) is 0 Å². The second kappa shape index (κ2) is 11.9. The molecule has 2 aliphatic rings. The van der Waals surface area contributed by atoms with E-state index in [0.29, 0.717) is 45.6 Å². The molecule has 0 spiro atoms. The molecular weight excluding hydrogens is 745 g/mol. The first-order valence-corrected chi connectivity index (χ1v) is 18.6. The van der Waals surface area contributed by atoms with Crippen molar-refractivity contribution in [3.05, 3.63) is 152 Å². The van der Waals surface area contributed by atoms with Gasteiger partial charge in [0.2, 0.25) is 0 Å². The van der Waals surface area contributed by atoms with Crippen LogP contribution in [0.2, 0.25) is 0 Å². The van der Waals surface area contributed by atoms with Crippen LogP contribution in [0.1, 0.15) is 0 Å². The SMILES string of the molecule is [Ni+3].[c-]1c2nc3[n-]c(nc4nc(nc5[n-]c(nc1-c1cc6ccccc6cc1-2)c1cc2ccccc2cc51)-c1cc2ccccc2cc1-4)c1cc2ccccc2cc31. The molecule has 0 saturated heterocycles. The minimum Gasteiger partial charge on any atom is -0.388 e. The van der Waals surface area contributed by atoms with Crippen molar-refractivity contribution >= 4 is 87.2 Å². The molecule has 4 heterocycles. The molecule has 8 aromatic carbocycles. The van der Waals surface area contributed by atoms with E-state index in [1.807, 2.05) is 12.1 Å². The maximum atomic E-state index is 5.30. The van der Waals surface area contributed by atoms with Crippen LogP contribution < -0.4 is 9.97 Å². The Hall–Kier alpha value is -7.28. The van der Waals surface area contributed by atoms with E-state index < -0.39 is 0 Å². The first-order valence-electron chi connectivity index (χ1n) is 18.6. The van der Waals surface area contributed by atoms with Crippen LogP contribution in [0.5, 0.6) is 0 Å². The molecule has 0 unspecified atom stereocenters. The molecule has 0 saturated carbocycles. The summed E-state index contributed by atoms with van der Waals surface area (Å²) < 4.78 is 0. The maximum absolute atomic E-state index is 5.30. The first kappa shape index (κ1) is 32.0. The van der Waals surface area contributed by atoms with Gasteiger partial charge in [0.15, 0.2) is 0 Å². The van der Waals surface area contributed by atoms with Crippen molar-refractivity contribution in [1.29, 1.82) is 0 Å². The van der Waals surface area contributed by atoms with E-state index in [-0.39, 0.29) is 16.5 Å². The van der Waals surface area contributed by atoms with Crippen LogP contribution in [0.15, 0.2) is 146 Å². The predicted octanol–water partition coefficient (Wildman–Crippen LogP) is 11.1. The van der Waals surface area contributed by atoms with Crippen LogP contribution >= 0.6 is 0 Å². The van der Waals surface area contributed by atoms with Crippen LogP contribution in [0.25, 0.3) is 133 Å². The van der Waals surface area contributed by atoms with Crippen molar-refractivity contribution in [2.75, 3.05) is 0 Å². The third-order valence-corrected chi connectivity index (χ3v) is 11.2. The summed E-state index contributed by atoms with van der Waals surface area (Å²) in [6, 6.07) is 54.2. The van der Waals surface area contributed by atoms with Crippen molar-refractivity contribution in [2.24, 2.45) is 0 Å². The molecular formula is C49H24N7Ni. The Morgan fingerprint density at radius 1 is 0.316 bits per heavy atom. The van der Waals surface area contributed by atoms with E-state index in [0.717, 1.165) is 86.9 Å². The van der Waals surface area contributed by atoms with Gasteiger partial charge < -0.3 is 29.9 Å². The molecule has 3 aromatic heterocycles. The smallest absolute Gasteiger partial charge is 0.388 e. The first-order chi connectivity index (χ1) is 27.7. The van der Waals surface area contributed by atoms with Gasteiger partial charge in [-0.3, -0.25) is 0 Å². The van der Waals surface area contributed by atoms with Gasteiger partial charge in [-0.2, -0.15) is 17.2 Å². The Morgan fingerprint density at radius 2 is 0.596 bits per heavy atom. The monoisotopic (exact) mass is 768 g/mol. The fraction of sp³-hybridized carbons (Fsp3) is 0. The third kappa shape index (κ3) is 4.81. The summed E-state index contributed by atoms with van der Waals surface area (Å²) in [6.07, 6.45) is 0. The summed E-state index contributed by atoms with van der Waals surface area (Å²) in [7, 11) is 0. The number of hydrogen-bond donors (Lipinski definition) is 0. The number of nitrogens with zero attached hydrogens (tertiary/aromatic N) is 7. The molecule has 7 nitrogen and oxygen atoms in total. The summed E-state index contributed by atoms with van der Waals surface area (Å²) in [5.41, 5.74) is 7.20. The molecule has 8 bridgehead atoms. The van der Waals surface area contributed by atoms with Crippen LogP contribution in [-0.4, -0.2) is 24.9 Å². The van der Waals surface area contributed by atoms with Crippen LogP contribution in [-0.2, 0) is 16.5 Å². The van der Waals surface area contributed by atoms with Gasteiger partial charge in [-0.25, -0.2) is 4.98 Å². The molecule has 265 valence electrons. The predicted molar refractivity (Wildman–Crippen MR) is 225 cm³/mol. The van der Waals surface area contributed by atoms with Crippen LogP contribution in [0.4, 0.5) is 0 Å². The van der Waals surface area contributed by atoms with Gasteiger partial charge in [-0.1, -0.05) is 97.1 Å². The number of benzene rings is 8. The normalized spacial score (nSPS) is 12.1. The average molecular weight is 769 g/mol. The summed E-state index contributed by atoms with van der Waals surface area (Å²) >= 11 is 0. The molecule has 11 aromatic rings. The molecule has 0 N–H and O–H groups in total. The Labute approximate surface area is 334 Å². The van der Waals surface area contributed by atoms with Gasteiger partial charge in [-0.15, -0.1) is 23.5 Å². The Balaban J connectivity index is 0.00000356. The fourth-order valence-corrected chi connectivity index (χ4v) is 8.47. The Bertz CT molecular complexity index is 3260. The molecule has 8 heteroatoms. The summed E-state index contributed by atoms with van der Waals surface area (Å²) in [4.78, 5) is 36.6. The zero-order valence-corrected chi connectivity index (χ0v) is 30.8. The zero-order valence-electron chi connectivity index (χ0n) is 29.8. The number of hydrogen-bond acceptors (Lipinski definition) is 5. The Kier molecular flexibility index (Phi) is 6.66. The van der Waals surface area contributed by atoms with Gasteiger partial charge >= 0.3 is 16.5 Å². The van der Waals surface area contributed by atoms with E-state index in [9.17, 15) is 0 Å². The van der Waals surface area contributed by atoms with Gasteiger partial charge in [0.05, 0.1) is 11.6 Å². The number of aromatic nitrogens is 7. The minimum absolute atomic E-state index is 0. The quantitative estimate of drug-likeness (QED) is 0.112. The van der Waals surface area contributed by atoms with Crippen molar-refractivity contribution < 1.29 is 16.5 Å². The summed E-state index contributed by atoms with van der Waals surface area (Å²) in [5.74, 6) is 1.09. The molecule has 0 amide bonds. The van der Waals surface area contributed by atoms with Gasteiger partial charge in [0.1, 0.15) is 0 Å². The fourth-order valence-electron chi connectivity index (χ4n) is 8.47. The summed E-state index contributed by atoms with van der Waals surface area (Å²) in [6.45, 7) is 0. The molecule has 0 atom stereocenters. The van der Waals surface area contributed by atoms with Crippen molar-refractivity contribution in [3.8, 4) is 45.3 Å². The molecule has 0 fully saturated rings. The van der Waals surface area contributed by atoms with E-state index >= 15 is 0 Å². The second-order valence-corrected chi connectivity index (χ2v) is 14.5. The van der Waals surface area contributed by atoms with Crippen molar-refractivity contribution in [1.82, 2.24) is 34.9 Å². The van der Waals surface area contributed by atoms with Crippen molar-refractivity contribution in [3.63, 3.8) is 0 Å². The minimum atomic E-state index is 0. The average Bonchev–Trinajstić information content (AvgIpc) is 3.95. The Morgan fingerprint density at radius 3 is 0.930 bits per heavy atom. The molecule has 57 heavy (non-hydrogen) atoms. The molecule has 1 aliphatic heterocycles. The van der Waals surface area contributed by atoms with Gasteiger partial charge in [0.25, 0.3) is 0 Å². The van der Waals surface area contributed by atoms with Gasteiger partial charge in [0, 0.05) is 33.7 Å². The molecule has 13 rings (SSSR count). The summed E-state index contributed by atoms with van der Waals surface area (Å²) in [5, 5.41) is 12.4. The third-order valence-electron chi connectivity index (χ3n) is 11.2. The number of rotatable bonds is 0.